The highest BCUT2D eigenvalue weighted by molar-refractivity contribution is 5.27. The molecule has 3 rings (SSSR count). The van der Waals surface area contributed by atoms with Crippen molar-refractivity contribution in [1.82, 2.24) is 0 Å². The van der Waals surface area contributed by atoms with Gasteiger partial charge in [0.2, 0.25) is 0 Å². The molecule has 2 nitrogen and oxygen atoms in total. The maximum Gasteiger partial charge on any atom is 0.0515 e. The maximum absolute atomic E-state index is 4.80. The topological polar surface area (TPSA) is 18.5 Å². The van der Waals surface area contributed by atoms with Crippen LogP contribution in [0.25, 0.3) is 0 Å². The van der Waals surface area contributed by atoms with E-state index in [4.69, 9.17) is 9.47 Å². The van der Waals surface area contributed by atoms with Crippen LogP contribution in [-0.4, -0.2) is 26.9 Å². The summed E-state index contributed by atoms with van der Waals surface area (Å²) in [5.41, 5.74) is 8.74. The monoisotopic (exact) mass is 621 g/mol. The average Bonchev–Trinajstić information content (AvgIpc) is 3.02. The second kappa shape index (κ2) is 25.7. The van der Waals surface area contributed by atoms with Crippen molar-refractivity contribution in [3.8, 4) is 0 Å². The largest absolute Gasteiger partial charge is 0.384 e. The Hall–Kier alpha value is -2.42. The average molecular weight is 621 g/mol. The first-order valence-corrected chi connectivity index (χ1v) is 17.3. The van der Waals surface area contributed by atoms with Crippen LogP contribution in [-0.2, 0) is 14.9 Å². The fourth-order valence-electron chi connectivity index (χ4n) is 3.89. The summed E-state index contributed by atoms with van der Waals surface area (Å²) in [5, 5.41) is 0. The second-order valence-electron chi connectivity index (χ2n) is 13.7. The number of hydrogen-bond acceptors (Lipinski definition) is 2. The molecule has 3 aromatic rings. The molecule has 0 N–H and O–H groups in total. The summed E-state index contributed by atoms with van der Waals surface area (Å²) >= 11 is 0. The van der Waals surface area contributed by atoms with Gasteiger partial charge in [-0.2, -0.15) is 0 Å². The van der Waals surface area contributed by atoms with Gasteiger partial charge in [-0.05, 0) is 93.7 Å². The van der Waals surface area contributed by atoms with E-state index in [0.29, 0.717) is 29.3 Å². The lowest BCUT2D eigenvalue weighted by Crippen LogP contribution is -2.14. The van der Waals surface area contributed by atoms with Gasteiger partial charge in [0, 0.05) is 20.8 Å². The van der Waals surface area contributed by atoms with Gasteiger partial charge >= 0.3 is 0 Å². The number of ether oxygens (including phenoxy) is 2. The Kier molecular flexibility index (Phi) is 25.6. The van der Waals surface area contributed by atoms with Gasteiger partial charge in [0.25, 0.3) is 0 Å². The molecule has 3 aromatic carbocycles. The number of hydrogen-bond donors (Lipinski definition) is 0. The summed E-state index contributed by atoms with van der Waals surface area (Å²) in [7, 11) is 3.42. The Labute approximate surface area is 281 Å². The maximum atomic E-state index is 4.80. The van der Waals surface area contributed by atoms with E-state index in [1.165, 1.54) is 52.6 Å². The first kappa shape index (κ1) is 44.7. The highest BCUT2D eigenvalue weighted by atomic mass is 16.5. The molecule has 0 aliphatic rings. The minimum Gasteiger partial charge on any atom is -0.384 e. The molecule has 0 fully saturated rings. The van der Waals surface area contributed by atoms with E-state index in [1.54, 1.807) is 14.2 Å². The van der Waals surface area contributed by atoms with E-state index in [2.05, 4.69) is 156 Å². The zero-order chi connectivity index (χ0) is 35.0. The molecule has 0 aliphatic heterocycles. The number of aryl methyl sites for hydroxylation is 3. The van der Waals surface area contributed by atoms with Gasteiger partial charge in [-0.25, -0.2) is 0 Å². The lowest BCUT2D eigenvalue weighted by Gasteiger charge is -2.23. The van der Waals surface area contributed by atoms with Crippen molar-refractivity contribution in [1.29, 1.82) is 0 Å². The zero-order valence-corrected chi connectivity index (χ0v) is 32.4. The zero-order valence-electron chi connectivity index (χ0n) is 32.4. The SMILES string of the molecule is CCC(C)(C)c1ccc(C)cc1.CCC(C)c1ccc(C)cc1.CCC(C)c1cccc(C)c1.COC(C)C.COCC(C)C. The fraction of sp³-hybridized carbons (Fsp3) is 0.581. The smallest absolute Gasteiger partial charge is 0.0515 e. The Morgan fingerprint density at radius 3 is 1.38 bits per heavy atom. The van der Waals surface area contributed by atoms with Crippen molar-refractivity contribution in [3.05, 3.63) is 106 Å². The summed E-state index contributed by atoms with van der Waals surface area (Å²) in [6.07, 6.45) is 4.03. The van der Waals surface area contributed by atoms with E-state index in [9.17, 15) is 0 Å². The van der Waals surface area contributed by atoms with Crippen LogP contribution in [0, 0.1) is 26.7 Å². The predicted molar refractivity (Wildman–Crippen MR) is 203 cm³/mol. The molecule has 0 aliphatic carbocycles. The minimum absolute atomic E-state index is 0.327. The van der Waals surface area contributed by atoms with Gasteiger partial charge < -0.3 is 9.47 Å². The van der Waals surface area contributed by atoms with Crippen LogP contribution in [0.3, 0.4) is 0 Å². The van der Waals surface area contributed by atoms with Crippen LogP contribution in [0.15, 0.2) is 72.8 Å². The van der Waals surface area contributed by atoms with Crippen molar-refractivity contribution in [2.24, 2.45) is 5.92 Å². The summed E-state index contributed by atoms with van der Waals surface area (Å²) in [6.45, 7) is 31.3. The van der Waals surface area contributed by atoms with Crippen LogP contribution in [0.2, 0.25) is 0 Å². The molecule has 0 amide bonds. The molecule has 256 valence electrons. The molecular formula is C43H72O2. The standard InChI is InChI=1S/C12H18.2C11H16.C5H12O.C4H10O/c1-5-12(3,4)11-8-6-10(2)7-9-11;1-4-10(3)11-7-5-9(2)6-8-11;1-4-10(3)11-7-5-6-9(2)8-11;1-5(2)4-6-3;1-4(2)5-3/h6-9H,5H2,1-4H3;2*5-8,10H,4H2,1-3H3;5H,4H2,1-3H3;4H,1-3H3. The van der Waals surface area contributed by atoms with Gasteiger partial charge in [-0.1, -0.05) is 152 Å². The van der Waals surface area contributed by atoms with Gasteiger partial charge in [0.05, 0.1) is 6.10 Å². The molecule has 0 radical (unpaired) electrons. The molecule has 0 spiro atoms. The van der Waals surface area contributed by atoms with Crippen molar-refractivity contribution in [2.45, 2.75) is 140 Å². The van der Waals surface area contributed by atoms with Crippen LogP contribution in [0.4, 0.5) is 0 Å². The first-order chi connectivity index (χ1) is 21.1. The Balaban J connectivity index is 0. The highest BCUT2D eigenvalue weighted by Gasteiger charge is 2.16. The summed E-state index contributed by atoms with van der Waals surface area (Å²) < 4.78 is 9.55. The highest BCUT2D eigenvalue weighted by Crippen LogP contribution is 2.26. The van der Waals surface area contributed by atoms with Crippen molar-refractivity contribution in [2.75, 3.05) is 20.8 Å². The number of methoxy groups -OCH3 is 2. The van der Waals surface area contributed by atoms with Gasteiger partial charge in [-0.3, -0.25) is 0 Å². The third-order valence-corrected chi connectivity index (χ3v) is 8.17. The Morgan fingerprint density at radius 1 is 0.600 bits per heavy atom. The quantitative estimate of drug-likeness (QED) is 0.237. The van der Waals surface area contributed by atoms with Crippen LogP contribution < -0.4 is 0 Å². The van der Waals surface area contributed by atoms with Crippen LogP contribution in [0.5, 0.6) is 0 Å². The molecule has 45 heavy (non-hydrogen) atoms. The van der Waals surface area contributed by atoms with E-state index >= 15 is 0 Å². The van der Waals surface area contributed by atoms with E-state index in [0.717, 1.165) is 6.61 Å². The van der Waals surface area contributed by atoms with Crippen molar-refractivity contribution >= 4 is 0 Å². The van der Waals surface area contributed by atoms with E-state index in [-0.39, 0.29) is 0 Å². The summed E-state index contributed by atoms with van der Waals surface area (Å²) in [5.74, 6) is 2.08. The Bertz CT molecular complexity index is 1080. The molecule has 0 aromatic heterocycles. The molecule has 2 unspecified atom stereocenters. The van der Waals surface area contributed by atoms with Crippen molar-refractivity contribution < 1.29 is 9.47 Å². The lowest BCUT2D eigenvalue weighted by molar-refractivity contribution is 0.134. The molecule has 0 saturated heterocycles. The molecule has 0 saturated carbocycles. The van der Waals surface area contributed by atoms with Crippen LogP contribution in [0.1, 0.15) is 141 Å². The molecule has 2 heteroatoms. The third kappa shape index (κ3) is 22.7. The van der Waals surface area contributed by atoms with Crippen LogP contribution >= 0.6 is 0 Å². The minimum atomic E-state index is 0.327. The third-order valence-electron chi connectivity index (χ3n) is 8.17. The Morgan fingerprint density at radius 2 is 1.04 bits per heavy atom. The van der Waals surface area contributed by atoms with Crippen molar-refractivity contribution in [3.63, 3.8) is 0 Å². The molecule has 2 atom stereocenters. The normalized spacial score (nSPS) is 11.9. The van der Waals surface area contributed by atoms with E-state index < -0.39 is 0 Å². The van der Waals surface area contributed by atoms with Gasteiger partial charge in [-0.15, -0.1) is 0 Å². The number of benzene rings is 3. The number of rotatable bonds is 9. The van der Waals surface area contributed by atoms with Gasteiger partial charge in [0.1, 0.15) is 0 Å². The fourth-order valence-corrected chi connectivity index (χ4v) is 3.89. The molecular weight excluding hydrogens is 548 g/mol. The lowest BCUT2D eigenvalue weighted by atomic mass is 9.82. The second-order valence-corrected chi connectivity index (χ2v) is 13.7. The van der Waals surface area contributed by atoms with E-state index in [1.807, 2.05) is 13.8 Å². The van der Waals surface area contributed by atoms with Gasteiger partial charge in [0.15, 0.2) is 0 Å². The summed E-state index contributed by atoms with van der Waals surface area (Å²) in [6, 6.07) is 26.4. The summed E-state index contributed by atoms with van der Waals surface area (Å²) in [4.78, 5) is 0. The predicted octanol–water partition coefficient (Wildman–Crippen LogP) is 13.0. The first-order valence-electron chi connectivity index (χ1n) is 17.3. The molecule has 0 bridgehead atoms. The molecule has 0 heterocycles.